The standard InChI is InChI=1S/C24H31N3O2/c1-18(28)23(19-8-3-2-4-9-19)27-16-22(17-27)29-15-6-5-11-21-13-12-20-10-7-14-25-24(20)26-21/h2-4,8-9,12-13,22-23H,5-7,10-11,14-17H2,1H3,(H,25,26). The molecule has 0 radical (unpaired) electrons. The van der Waals surface area contributed by atoms with Gasteiger partial charge in [-0.1, -0.05) is 36.4 Å². The lowest BCUT2D eigenvalue weighted by molar-refractivity contribution is -0.130. The highest BCUT2D eigenvalue weighted by molar-refractivity contribution is 5.83. The van der Waals surface area contributed by atoms with Crippen molar-refractivity contribution >= 4 is 11.6 Å². The smallest absolute Gasteiger partial charge is 0.151 e. The Morgan fingerprint density at radius 3 is 2.83 bits per heavy atom. The summed E-state index contributed by atoms with van der Waals surface area (Å²) in [6.45, 7) is 5.15. The number of likely N-dealkylation sites (tertiary alicyclic amines) is 1. The fourth-order valence-corrected chi connectivity index (χ4v) is 4.29. The van der Waals surface area contributed by atoms with Crippen molar-refractivity contribution in [3.8, 4) is 0 Å². The average molecular weight is 394 g/mol. The number of ether oxygens (including phenoxy) is 1. The van der Waals surface area contributed by atoms with Crippen LogP contribution in [0.5, 0.6) is 0 Å². The van der Waals surface area contributed by atoms with Crippen LogP contribution in [0.3, 0.4) is 0 Å². The third-order valence-corrected chi connectivity index (χ3v) is 5.87. The molecule has 1 unspecified atom stereocenters. The summed E-state index contributed by atoms with van der Waals surface area (Å²) in [5.74, 6) is 1.28. The molecule has 2 aromatic rings. The van der Waals surface area contributed by atoms with Crippen molar-refractivity contribution in [1.29, 1.82) is 0 Å². The fourth-order valence-electron chi connectivity index (χ4n) is 4.29. The molecule has 0 spiro atoms. The molecule has 1 atom stereocenters. The number of Topliss-reactive ketones (excluding diaryl/α,β-unsaturated/α-hetero) is 1. The van der Waals surface area contributed by atoms with Crippen molar-refractivity contribution in [2.45, 2.75) is 51.2 Å². The fraction of sp³-hybridized carbons (Fsp3) is 0.500. The summed E-state index contributed by atoms with van der Waals surface area (Å²) in [7, 11) is 0. The summed E-state index contributed by atoms with van der Waals surface area (Å²) in [6.07, 6.45) is 5.70. The van der Waals surface area contributed by atoms with Gasteiger partial charge in [-0.15, -0.1) is 0 Å². The maximum absolute atomic E-state index is 12.1. The zero-order valence-corrected chi connectivity index (χ0v) is 17.3. The van der Waals surface area contributed by atoms with Crippen LogP contribution in [0.4, 0.5) is 5.82 Å². The molecule has 0 aliphatic carbocycles. The molecule has 2 aliphatic heterocycles. The molecule has 1 N–H and O–H groups in total. The number of nitrogens with one attached hydrogen (secondary N) is 1. The van der Waals surface area contributed by atoms with Gasteiger partial charge in [0, 0.05) is 31.9 Å². The third-order valence-electron chi connectivity index (χ3n) is 5.87. The number of ketones is 1. The minimum absolute atomic E-state index is 0.139. The summed E-state index contributed by atoms with van der Waals surface area (Å²) in [4.78, 5) is 19.1. The monoisotopic (exact) mass is 393 g/mol. The molecule has 2 aliphatic rings. The van der Waals surface area contributed by atoms with Crippen LogP contribution >= 0.6 is 0 Å². The van der Waals surface area contributed by atoms with E-state index < -0.39 is 0 Å². The summed E-state index contributed by atoms with van der Waals surface area (Å²) in [5, 5.41) is 3.40. The van der Waals surface area contributed by atoms with E-state index in [4.69, 9.17) is 9.72 Å². The third kappa shape index (κ3) is 5.03. The van der Waals surface area contributed by atoms with Crippen LogP contribution in [-0.4, -0.2) is 48.0 Å². The van der Waals surface area contributed by atoms with E-state index in [0.717, 1.165) is 63.3 Å². The van der Waals surface area contributed by atoms with E-state index in [1.165, 1.54) is 17.7 Å². The molecular formula is C24H31N3O2. The first kappa shape index (κ1) is 20.0. The highest BCUT2D eigenvalue weighted by atomic mass is 16.5. The summed E-state index contributed by atoms with van der Waals surface area (Å²) >= 11 is 0. The molecule has 1 aromatic heterocycles. The number of carbonyl (C=O) groups excluding carboxylic acids is 1. The molecule has 1 saturated heterocycles. The summed E-state index contributed by atoms with van der Waals surface area (Å²) < 4.78 is 6.02. The zero-order valence-electron chi connectivity index (χ0n) is 17.3. The van der Waals surface area contributed by atoms with Gasteiger partial charge in [-0.2, -0.15) is 0 Å². The lowest BCUT2D eigenvalue weighted by Crippen LogP contribution is -2.54. The van der Waals surface area contributed by atoms with Crippen LogP contribution < -0.4 is 5.32 Å². The highest BCUT2D eigenvalue weighted by Gasteiger charge is 2.35. The Labute approximate surface area is 173 Å². The van der Waals surface area contributed by atoms with Gasteiger partial charge in [-0.25, -0.2) is 4.98 Å². The maximum Gasteiger partial charge on any atom is 0.151 e. The number of hydrogen-bond acceptors (Lipinski definition) is 5. The number of benzene rings is 1. The Balaban J connectivity index is 1.15. The predicted molar refractivity (Wildman–Crippen MR) is 115 cm³/mol. The Kier molecular flexibility index (Phi) is 6.57. The van der Waals surface area contributed by atoms with Crippen LogP contribution in [0.2, 0.25) is 0 Å². The molecule has 0 saturated carbocycles. The van der Waals surface area contributed by atoms with E-state index in [0.29, 0.717) is 0 Å². The van der Waals surface area contributed by atoms with E-state index in [-0.39, 0.29) is 17.9 Å². The molecule has 5 heteroatoms. The molecule has 4 rings (SSSR count). The van der Waals surface area contributed by atoms with Crippen LogP contribution in [0.15, 0.2) is 42.5 Å². The first-order valence-electron chi connectivity index (χ1n) is 10.8. The highest BCUT2D eigenvalue weighted by Crippen LogP contribution is 2.28. The zero-order chi connectivity index (χ0) is 20.1. The molecule has 29 heavy (non-hydrogen) atoms. The average Bonchev–Trinajstić information content (AvgIpc) is 2.71. The Hall–Kier alpha value is -2.24. The second-order valence-corrected chi connectivity index (χ2v) is 8.17. The molecule has 1 fully saturated rings. The van der Waals surface area contributed by atoms with Gasteiger partial charge >= 0.3 is 0 Å². The number of unbranched alkanes of at least 4 members (excludes halogenated alkanes) is 1. The van der Waals surface area contributed by atoms with Crippen molar-refractivity contribution in [2.75, 3.05) is 31.6 Å². The van der Waals surface area contributed by atoms with E-state index in [1.807, 2.05) is 30.3 Å². The maximum atomic E-state index is 12.1. The van der Waals surface area contributed by atoms with Gasteiger partial charge in [0.1, 0.15) is 5.82 Å². The molecule has 0 bridgehead atoms. The largest absolute Gasteiger partial charge is 0.376 e. The van der Waals surface area contributed by atoms with Gasteiger partial charge in [-0.05, 0) is 56.2 Å². The second-order valence-electron chi connectivity index (χ2n) is 8.17. The normalized spacial score (nSPS) is 17.8. The first-order valence-corrected chi connectivity index (χ1v) is 10.8. The van der Waals surface area contributed by atoms with E-state index >= 15 is 0 Å². The van der Waals surface area contributed by atoms with Crippen molar-refractivity contribution < 1.29 is 9.53 Å². The lowest BCUT2D eigenvalue weighted by atomic mass is 9.97. The molecule has 3 heterocycles. The van der Waals surface area contributed by atoms with E-state index in [1.54, 1.807) is 6.92 Å². The quantitative estimate of drug-likeness (QED) is 0.657. The van der Waals surface area contributed by atoms with Crippen molar-refractivity contribution in [1.82, 2.24) is 9.88 Å². The number of carbonyl (C=O) groups is 1. The summed E-state index contributed by atoms with van der Waals surface area (Å²) in [5.41, 5.74) is 3.59. The van der Waals surface area contributed by atoms with Crippen LogP contribution in [-0.2, 0) is 22.4 Å². The van der Waals surface area contributed by atoms with Crippen molar-refractivity contribution in [3.05, 3.63) is 59.3 Å². The molecule has 1 aromatic carbocycles. The summed E-state index contributed by atoms with van der Waals surface area (Å²) in [6, 6.07) is 14.3. The van der Waals surface area contributed by atoms with Gasteiger partial charge < -0.3 is 10.1 Å². The van der Waals surface area contributed by atoms with Crippen molar-refractivity contribution in [3.63, 3.8) is 0 Å². The van der Waals surface area contributed by atoms with Crippen LogP contribution in [0.25, 0.3) is 0 Å². The van der Waals surface area contributed by atoms with E-state index in [2.05, 4.69) is 22.3 Å². The SMILES string of the molecule is CC(=O)C(c1ccccc1)N1CC(OCCCCc2ccc3c(n2)NCCC3)C1. The minimum atomic E-state index is -0.139. The topological polar surface area (TPSA) is 54.5 Å². The number of aromatic nitrogens is 1. The van der Waals surface area contributed by atoms with Gasteiger partial charge in [0.15, 0.2) is 5.78 Å². The number of hydrogen-bond donors (Lipinski definition) is 1. The number of fused-ring (bicyclic) bond motifs is 1. The number of nitrogens with zero attached hydrogens (tertiary/aromatic N) is 2. The van der Waals surface area contributed by atoms with Gasteiger partial charge in [0.2, 0.25) is 0 Å². The van der Waals surface area contributed by atoms with Crippen LogP contribution in [0.1, 0.15) is 49.0 Å². The number of anilines is 1. The molecule has 154 valence electrons. The second kappa shape index (κ2) is 9.51. The van der Waals surface area contributed by atoms with Crippen molar-refractivity contribution in [2.24, 2.45) is 0 Å². The first-order chi connectivity index (χ1) is 14.2. The molecule has 0 amide bonds. The Morgan fingerprint density at radius 2 is 2.03 bits per heavy atom. The molecular weight excluding hydrogens is 362 g/mol. The Bertz CT molecular complexity index is 818. The van der Waals surface area contributed by atoms with Gasteiger partial charge in [0.05, 0.1) is 12.1 Å². The number of rotatable bonds is 9. The van der Waals surface area contributed by atoms with Gasteiger partial charge in [-0.3, -0.25) is 9.69 Å². The van der Waals surface area contributed by atoms with E-state index in [9.17, 15) is 4.79 Å². The predicted octanol–water partition coefficient (Wildman–Crippen LogP) is 3.79. The molecule has 5 nitrogen and oxygen atoms in total. The number of pyridine rings is 1. The van der Waals surface area contributed by atoms with Gasteiger partial charge in [0.25, 0.3) is 0 Å². The Morgan fingerprint density at radius 1 is 1.21 bits per heavy atom. The minimum Gasteiger partial charge on any atom is -0.376 e. The number of aryl methyl sites for hydroxylation is 2. The van der Waals surface area contributed by atoms with Crippen LogP contribution in [0, 0.1) is 0 Å². The lowest BCUT2D eigenvalue weighted by Gasteiger charge is -2.43.